The molecule has 1 aromatic carbocycles. The van der Waals surface area contributed by atoms with Crippen LogP contribution in [0.1, 0.15) is 22.7 Å². The summed E-state index contributed by atoms with van der Waals surface area (Å²) in [7, 11) is -2.12. The van der Waals surface area contributed by atoms with E-state index in [1.165, 1.54) is 10.6 Å². The first-order valence-electron chi connectivity index (χ1n) is 8.64. The molecule has 0 bridgehead atoms. The van der Waals surface area contributed by atoms with E-state index >= 15 is 0 Å². The van der Waals surface area contributed by atoms with E-state index in [0.29, 0.717) is 23.7 Å². The van der Waals surface area contributed by atoms with Crippen molar-refractivity contribution >= 4 is 16.1 Å². The first-order chi connectivity index (χ1) is 12.9. The zero-order chi connectivity index (χ0) is 19.4. The van der Waals surface area contributed by atoms with Crippen LogP contribution in [0.25, 0.3) is 6.08 Å². The highest BCUT2D eigenvalue weighted by atomic mass is 32.2. The Kier molecular flexibility index (Phi) is 5.62. The zero-order valence-electron chi connectivity index (χ0n) is 15.7. The van der Waals surface area contributed by atoms with E-state index in [1.54, 1.807) is 37.7 Å². The molecular formula is C20H23N3O3S. The number of sulfonamides is 1. The second-order valence-electron chi connectivity index (χ2n) is 6.34. The molecule has 0 radical (unpaired) electrons. The summed E-state index contributed by atoms with van der Waals surface area (Å²) in [6.45, 7) is 4.17. The van der Waals surface area contributed by atoms with Gasteiger partial charge in [0.1, 0.15) is 10.7 Å². The van der Waals surface area contributed by atoms with Crippen molar-refractivity contribution in [1.82, 2.24) is 14.1 Å². The predicted molar refractivity (Wildman–Crippen MR) is 105 cm³/mol. The molecule has 0 aliphatic rings. The van der Waals surface area contributed by atoms with Crippen LogP contribution >= 0.6 is 0 Å². The van der Waals surface area contributed by atoms with Gasteiger partial charge >= 0.3 is 0 Å². The average Bonchev–Trinajstić information content (AvgIpc) is 3.24. The Hall–Kier alpha value is -2.64. The van der Waals surface area contributed by atoms with Crippen LogP contribution in [-0.2, 0) is 23.1 Å². The molecule has 2 heterocycles. The summed E-state index contributed by atoms with van der Waals surface area (Å²) in [4.78, 5) is 0.254. The fourth-order valence-corrected chi connectivity index (χ4v) is 4.45. The van der Waals surface area contributed by atoms with Gasteiger partial charge in [0, 0.05) is 7.05 Å². The molecule has 0 atom stereocenters. The van der Waals surface area contributed by atoms with Gasteiger partial charge in [-0.3, -0.25) is 4.68 Å². The van der Waals surface area contributed by atoms with Crippen LogP contribution in [0.5, 0.6) is 0 Å². The number of hydrogen-bond acceptors (Lipinski definition) is 4. The molecule has 3 aromatic rings. The molecule has 0 aliphatic carbocycles. The van der Waals surface area contributed by atoms with E-state index in [4.69, 9.17) is 4.42 Å². The fraction of sp³-hybridized carbons (Fsp3) is 0.250. The van der Waals surface area contributed by atoms with Crippen molar-refractivity contribution in [3.8, 4) is 0 Å². The standard InChI is InChI=1S/C20H23N3O3S/c1-16-20(27(24,25)22(3)15-19-12-8-14-26-19)17(2)23(21-16)13-7-11-18-9-5-4-6-10-18/h4-12,14H,13,15H2,1-3H3/b11-7+. The van der Waals surface area contributed by atoms with Crippen LogP contribution in [-0.4, -0.2) is 29.6 Å². The topological polar surface area (TPSA) is 68.3 Å². The van der Waals surface area contributed by atoms with E-state index in [2.05, 4.69) is 5.10 Å². The Morgan fingerprint density at radius 3 is 2.56 bits per heavy atom. The third-order valence-corrected chi connectivity index (χ3v) is 6.39. The summed E-state index contributed by atoms with van der Waals surface area (Å²) in [5.41, 5.74) is 2.20. The van der Waals surface area contributed by atoms with Crippen LogP contribution in [0.4, 0.5) is 0 Å². The van der Waals surface area contributed by atoms with Crippen LogP contribution in [0.2, 0.25) is 0 Å². The molecule has 0 amide bonds. The molecule has 142 valence electrons. The summed E-state index contributed by atoms with van der Waals surface area (Å²) in [6.07, 6.45) is 5.49. The van der Waals surface area contributed by atoms with Gasteiger partial charge in [0.25, 0.3) is 0 Å². The van der Waals surface area contributed by atoms with Crippen molar-refractivity contribution in [2.45, 2.75) is 31.8 Å². The van der Waals surface area contributed by atoms with Crippen LogP contribution in [0.15, 0.2) is 64.1 Å². The minimum Gasteiger partial charge on any atom is -0.468 e. The Labute approximate surface area is 159 Å². The second-order valence-corrected chi connectivity index (χ2v) is 8.32. The number of hydrogen-bond donors (Lipinski definition) is 0. The van der Waals surface area contributed by atoms with Gasteiger partial charge in [-0.1, -0.05) is 42.5 Å². The van der Waals surface area contributed by atoms with Crippen molar-refractivity contribution in [2.75, 3.05) is 7.05 Å². The van der Waals surface area contributed by atoms with Crippen LogP contribution in [0, 0.1) is 13.8 Å². The number of rotatable bonds is 7. The van der Waals surface area contributed by atoms with E-state index < -0.39 is 10.0 Å². The Balaban J connectivity index is 1.81. The lowest BCUT2D eigenvalue weighted by atomic mass is 10.2. The Morgan fingerprint density at radius 1 is 1.15 bits per heavy atom. The van der Waals surface area contributed by atoms with E-state index in [1.807, 2.05) is 42.5 Å². The molecule has 0 saturated heterocycles. The monoisotopic (exact) mass is 385 g/mol. The largest absolute Gasteiger partial charge is 0.468 e. The number of aryl methyl sites for hydroxylation is 1. The number of furan rings is 1. The van der Waals surface area contributed by atoms with Gasteiger partial charge < -0.3 is 4.42 Å². The molecule has 0 N–H and O–H groups in total. The van der Waals surface area contributed by atoms with Gasteiger partial charge in [-0.15, -0.1) is 0 Å². The smallest absolute Gasteiger partial charge is 0.246 e. The van der Waals surface area contributed by atoms with Crippen molar-refractivity contribution in [1.29, 1.82) is 0 Å². The molecule has 0 unspecified atom stereocenters. The van der Waals surface area contributed by atoms with Gasteiger partial charge in [0.05, 0.1) is 30.7 Å². The van der Waals surface area contributed by atoms with Gasteiger partial charge in [-0.25, -0.2) is 8.42 Å². The molecule has 0 fully saturated rings. The third kappa shape index (κ3) is 4.20. The lowest BCUT2D eigenvalue weighted by molar-refractivity contribution is 0.406. The highest BCUT2D eigenvalue weighted by Crippen LogP contribution is 2.24. The first-order valence-corrected chi connectivity index (χ1v) is 10.1. The third-order valence-electron chi connectivity index (χ3n) is 4.33. The molecule has 6 nitrogen and oxygen atoms in total. The van der Waals surface area contributed by atoms with Gasteiger partial charge in [0.2, 0.25) is 10.0 Å². The predicted octanol–water partition coefficient (Wildman–Crippen LogP) is 3.63. The van der Waals surface area contributed by atoms with Crippen molar-refractivity contribution in [2.24, 2.45) is 0 Å². The molecule has 27 heavy (non-hydrogen) atoms. The molecule has 0 spiro atoms. The maximum Gasteiger partial charge on any atom is 0.246 e. The average molecular weight is 385 g/mol. The van der Waals surface area contributed by atoms with Crippen molar-refractivity contribution < 1.29 is 12.8 Å². The van der Waals surface area contributed by atoms with Crippen molar-refractivity contribution in [3.05, 3.63) is 77.5 Å². The normalized spacial score (nSPS) is 12.3. The fourth-order valence-electron chi connectivity index (χ4n) is 2.95. The SMILES string of the molecule is Cc1nn(C/C=C/c2ccccc2)c(C)c1S(=O)(=O)N(C)Cc1ccco1. The summed E-state index contributed by atoms with van der Waals surface area (Å²) >= 11 is 0. The number of benzene rings is 1. The van der Waals surface area contributed by atoms with E-state index in [-0.39, 0.29) is 11.4 Å². The molecule has 3 rings (SSSR count). The summed E-state index contributed by atoms with van der Waals surface area (Å²) < 4.78 is 34.3. The highest BCUT2D eigenvalue weighted by Gasteiger charge is 2.29. The Bertz CT molecular complexity index is 1020. The summed E-state index contributed by atoms with van der Waals surface area (Å²) in [5, 5.41) is 4.42. The lowest BCUT2D eigenvalue weighted by Gasteiger charge is -2.16. The quantitative estimate of drug-likeness (QED) is 0.623. The minimum absolute atomic E-state index is 0.174. The van der Waals surface area contributed by atoms with E-state index in [0.717, 1.165) is 5.56 Å². The highest BCUT2D eigenvalue weighted by molar-refractivity contribution is 7.89. The number of aromatic nitrogens is 2. The van der Waals surface area contributed by atoms with Gasteiger partial charge in [-0.2, -0.15) is 9.40 Å². The van der Waals surface area contributed by atoms with Gasteiger partial charge in [0.15, 0.2) is 0 Å². The van der Waals surface area contributed by atoms with Crippen LogP contribution in [0.3, 0.4) is 0 Å². The lowest BCUT2D eigenvalue weighted by Crippen LogP contribution is -2.27. The molecule has 0 saturated carbocycles. The summed E-state index contributed by atoms with van der Waals surface area (Å²) in [6, 6.07) is 13.4. The number of nitrogens with zero attached hydrogens (tertiary/aromatic N) is 3. The molecule has 2 aromatic heterocycles. The number of allylic oxidation sites excluding steroid dienone is 1. The first kappa shape index (κ1) is 19.1. The van der Waals surface area contributed by atoms with E-state index in [9.17, 15) is 8.42 Å². The summed E-state index contributed by atoms with van der Waals surface area (Å²) in [5.74, 6) is 0.592. The zero-order valence-corrected chi connectivity index (χ0v) is 16.5. The molecular weight excluding hydrogens is 362 g/mol. The van der Waals surface area contributed by atoms with Crippen molar-refractivity contribution in [3.63, 3.8) is 0 Å². The van der Waals surface area contributed by atoms with Crippen LogP contribution < -0.4 is 0 Å². The van der Waals surface area contributed by atoms with Gasteiger partial charge in [-0.05, 0) is 31.5 Å². The minimum atomic E-state index is -3.67. The Morgan fingerprint density at radius 2 is 1.89 bits per heavy atom. The molecule has 7 heteroatoms. The maximum atomic E-state index is 13.0. The second kappa shape index (κ2) is 7.94. The maximum absolute atomic E-state index is 13.0. The molecule has 0 aliphatic heterocycles.